The molecule has 2 saturated carbocycles. The SMILES string of the molecule is O=S(=O)(c1ccc(Oc2ccc(Oc3ccc(S(=O)(=O)c4ccccc4Oc4cccc(C#CC5(O)CCCCC5)c4)cc3)cc2)cc1)c1ccccc1Oc1ccc(C#CC2(O)CCCCC2)cc1. The molecule has 9 rings (SSSR count). The molecule has 0 spiro atoms. The lowest BCUT2D eigenvalue weighted by atomic mass is 9.85. The summed E-state index contributed by atoms with van der Waals surface area (Å²) in [7, 11) is -8.00. The van der Waals surface area contributed by atoms with Gasteiger partial charge in [0.15, 0.2) is 0 Å². The molecule has 0 unspecified atom stereocenters. The van der Waals surface area contributed by atoms with Gasteiger partial charge in [0.05, 0.1) is 9.79 Å². The average Bonchev–Trinajstić information content (AvgIpc) is 3.37. The van der Waals surface area contributed by atoms with Gasteiger partial charge >= 0.3 is 0 Å². The maximum atomic E-state index is 13.9. The minimum Gasteiger partial charge on any atom is -0.457 e. The molecule has 12 heteroatoms. The van der Waals surface area contributed by atoms with Crippen LogP contribution in [0.4, 0.5) is 0 Å². The lowest BCUT2D eigenvalue weighted by molar-refractivity contribution is 0.0606. The Kier molecular flexibility index (Phi) is 14.1. The Balaban J connectivity index is 0.806. The summed E-state index contributed by atoms with van der Waals surface area (Å²) in [6.45, 7) is 0. The highest BCUT2D eigenvalue weighted by molar-refractivity contribution is 7.92. The summed E-state index contributed by atoms with van der Waals surface area (Å²) in [4.78, 5) is 0.110. The minimum atomic E-state index is -4.01. The van der Waals surface area contributed by atoms with E-state index in [2.05, 4.69) is 23.7 Å². The van der Waals surface area contributed by atoms with Crippen LogP contribution in [0.3, 0.4) is 0 Å². The summed E-state index contributed by atoms with van der Waals surface area (Å²) in [5, 5.41) is 21.6. The highest BCUT2D eigenvalue weighted by Crippen LogP contribution is 2.37. The Bertz CT molecular complexity index is 3320. The van der Waals surface area contributed by atoms with Crippen molar-refractivity contribution in [2.75, 3.05) is 0 Å². The van der Waals surface area contributed by atoms with Gasteiger partial charge in [-0.25, -0.2) is 16.8 Å². The van der Waals surface area contributed by atoms with E-state index < -0.39 is 30.9 Å². The van der Waals surface area contributed by atoms with Crippen LogP contribution in [0, 0.1) is 23.7 Å². The Hall–Kier alpha value is -7.32. The maximum absolute atomic E-state index is 13.9. The lowest BCUT2D eigenvalue weighted by Crippen LogP contribution is -2.29. The molecule has 2 aliphatic rings. The van der Waals surface area contributed by atoms with Crippen molar-refractivity contribution in [1.29, 1.82) is 0 Å². The standard InChI is InChI=1S/C58H50O10S2/c59-57(36-7-1-8-37-57)40-34-43-18-20-49(21-19-43)67-53-14-3-5-16-55(53)69(61,62)51-30-26-47(27-31-51)65-45-22-24-46(25-23-45)66-48-28-32-52(33-29-48)70(63,64)56-17-6-4-15-54(56)68-50-13-11-12-44(42-50)35-41-58(60)38-9-2-10-39-58/h3-6,11-33,42,59-60H,1-2,7-10,36-39H2. The van der Waals surface area contributed by atoms with Gasteiger partial charge in [-0.05, 0) is 191 Å². The van der Waals surface area contributed by atoms with Crippen molar-refractivity contribution in [2.45, 2.75) is 95.0 Å². The van der Waals surface area contributed by atoms with Gasteiger partial charge in [-0.2, -0.15) is 0 Å². The molecule has 10 nitrogen and oxygen atoms in total. The van der Waals surface area contributed by atoms with Crippen LogP contribution in [0.1, 0.15) is 75.3 Å². The number of aliphatic hydroxyl groups is 2. The summed E-state index contributed by atoms with van der Waals surface area (Å²) < 4.78 is 79.8. The van der Waals surface area contributed by atoms with Crippen LogP contribution in [0.25, 0.3) is 0 Å². The van der Waals surface area contributed by atoms with Gasteiger partial charge in [0.25, 0.3) is 0 Å². The van der Waals surface area contributed by atoms with E-state index in [1.54, 1.807) is 127 Å². The number of sulfone groups is 2. The van der Waals surface area contributed by atoms with Crippen LogP contribution >= 0.6 is 0 Å². The molecule has 0 saturated heterocycles. The lowest BCUT2D eigenvalue weighted by Gasteiger charge is -2.26. The monoisotopic (exact) mass is 970 g/mol. The van der Waals surface area contributed by atoms with E-state index in [1.165, 1.54) is 36.4 Å². The number of rotatable bonds is 12. The second-order valence-corrected chi connectivity index (χ2v) is 21.3. The van der Waals surface area contributed by atoms with Gasteiger partial charge in [-0.15, -0.1) is 0 Å². The van der Waals surface area contributed by atoms with Crippen molar-refractivity contribution < 1.29 is 46.0 Å². The van der Waals surface area contributed by atoms with Crippen molar-refractivity contribution >= 4 is 19.7 Å². The Morgan fingerprint density at radius 1 is 0.371 bits per heavy atom. The number of para-hydroxylation sites is 2. The number of hydrogen-bond donors (Lipinski definition) is 2. The van der Waals surface area contributed by atoms with E-state index in [9.17, 15) is 27.0 Å². The zero-order valence-corrected chi connectivity index (χ0v) is 39.8. The molecule has 0 atom stereocenters. The van der Waals surface area contributed by atoms with Crippen LogP contribution < -0.4 is 18.9 Å². The van der Waals surface area contributed by atoms with E-state index in [0.29, 0.717) is 65.7 Å². The molecule has 2 aliphatic carbocycles. The molecule has 0 amide bonds. The summed E-state index contributed by atoms with van der Waals surface area (Å²) in [6.07, 6.45) is 8.65. The second-order valence-electron chi connectivity index (χ2n) is 17.5. The first-order valence-electron chi connectivity index (χ1n) is 23.2. The van der Waals surface area contributed by atoms with E-state index >= 15 is 0 Å². The van der Waals surface area contributed by atoms with Crippen molar-refractivity contribution in [3.8, 4) is 69.7 Å². The second kappa shape index (κ2) is 20.7. The van der Waals surface area contributed by atoms with Gasteiger partial charge < -0.3 is 29.2 Å². The molecule has 0 heterocycles. The summed E-state index contributed by atoms with van der Waals surface area (Å²) in [5.74, 6) is 15.1. The van der Waals surface area contributed by atoms with E-state index in [0.717, 1.165) is 44.1 Å². The summed E-state index contributed by atoms with van der Waals surface area (Å²) >= 11 is 0. The minimum absolute atomic E-state index is 0.00381. The van der Waals surface area contributed by atoms with E-state index in [4.69, 9.17) is 18.9 Å². The molecular weight excluding hydrogens is 921 g/mol. The van der Waals surface area contributed by atoms with Crippen LogP contribution in [0.15, 0.2) is 189 Å². The van der Waals surface area contributed by atoms with E-state index in [1.807, 2.05) is 6.07 Å². The van der Waals surface area contributed by atoms with Crippen LogP contribution in [-0.2, 0) is 19.7 Å². The molecule has 0 radical (unpaired) electrons. The highest BCUT2D eigenvalue weighted by Gasteiger charge is 2.28. The van der Waals surface area contributed by atoms with Crippen molar-refractivity contribution in [3.63, 3.8) is 0 Å². The van der Waals surface area contributed by atoms with Gasteiger partial charge in [0.2, 0.25) is 19.7 Å². The van der Waals surface area contributed by atoms with Gasteiger partial charge in [0, 0.05) is 11.1 Å². The molecule has 354 valence electrons. The summed E-state index contributed by atoms with van der Waals surface area (Å²) in [6, 6.07) is 45.9. The molecule has 7 aromatic rings. The van der Waals surface area contributed by atoms with Crippen LogP contribution in [-0.4, -0.2) is 38.3 Å². The third kappa shape index (κ3) is 11.6. The first-order valence-corrected chi connectivity index (χ1v) is 26.2. The molecule has 7 aromatic carbocycles. The fraction of sp³-hybridized carbons (Fsp3) is 0.207. The largest absolute Gasteiger partial charge is 0.457 e. The zero-order valence-electron chi connectivity index (χ0n) is 38.2. The van der Waals surface area contributed by atoms with Crippen molar-refractivity contribution in [1.82, 2.24) is 0 Å². The average molecular weight is 971 g/mol. The first-order chi connectivity index (χ1) is 33.8. The molecule has 2 fully saturated rings. The maximum Gasteiger partial charge on any atom is 0.210 e. The zero-order chi connectivity index (χ0) is 48.6. The topological polar surface area (TPSA) is 146 Å². The quantitative estimate of drug-likeness (QED) is 0.113. The van der Waals surface area contributed by atoms with Crippen LogP contribution in [0.2, 0.25) is 0 Å². The Labute approximate surface area is 409 Å². The van der Waals surface area contributed by atoms with Gasteiger partial charge in [0.1, 0.15) is 67.0 Å². The van der Waals surface area contributed by atoms with Gasteiger partial charge in [-0.1, -0.05) is 66.9 Å². The Morgan fingerprint density at radius 2 is 0.743 bits per heavy atom. The predicted octanol–water partition coefficient (Wildman–Crippen LogP) is 12.6. The van der Waals surface area contributed by atoms with Crippen molar-refractivity contribution in [3.05, 3.63) is 181 Å². The van der Waals surface area contributed by atoms with Crippen LogP contribution in [0.5, 0.6) is 46.0 Å². The molecule has 2 N–H and O–H groups in total. The van der Waals surface area contributed by atoms with E-state index in [-0.39, 0.29) is 31.1 Å². The fourth-order valence-corrected chi connectivity index (χ4v) is 11.1. The smallest absolute Gasteiger partial charge is 0.210 e. The number of hydrogen-bond acceptors (Lipinski definition) is 10. The molecule has 0 bridgehead atoms. The third-order valence-corrected chi connectivity index (χ3v) is 15.8. The normalized spacial score (nSPS) is 15.2. The van der Waals surface area contributed by atoms with Gasteiger partial charge in [-0.3, -0.25) is 0 Å². The first kappa shape index (κ1) is 47.7. The summed E-state index contributed by atoms with van der Waals surface area (Å²) in [5.41, 5.74) is -0.574. The Morgan fingerprint density at radius 3 is 1.20 bits per heavy atom. The number of benzene rings is 7. The predicted molar refractivity (Wildman–Crippen MR) is 266 cm³/mol. The highest BCUT2D eigenvalue weighted by atomic mass is 32.2. The van der Waals surface area contributed by atoms with Crippen molar-refractivity contribution in [2.24, 2.45) is 0 Å². The molecular formula is C58H50O10S2. The third-order valence-electron chi connectivity index (χ3n) is 12.2. The fourth-order valence-electron chi connectivity index (χ4n) is 8.39. The molecule has 0 aromatic heterocycles. The molecule has 0 aliphatic heterocycles. The number of ether oxygens (including phenoxy) is 4. The molecule has 70 heavy (non-hydrogen) atoms.